The first kappa shape index (κ1) is 18.1. The van der Waals surface area contributed by atoms with Crippen molar-refractivity contribution in [2.45, 2.75) is 69.9 Å². The molecule has 20 heavy (non-hydrogen) atoms. The molecule has 1 heterocycles. The van der Waals surface area contributed by atoms with Crippen LogP contribution in [0.15, 0.2) is 0 Å². The molecule has 0 aromatic rings. The minimum atomic E-state index is -2.32. The van der Waals surface area contributed by atoms with Gasteiger partial charge in [-0.15, -0.1) is 0 Å². The van der Waals surface area contributed by atoms with E-state index in [1.807, 2.05) is 0 Å². The van der Waals surface area contributed by atoms with Gasteiger partial charge in [0.1, 0.15) is 0 Å². The Morgan fingerprint density at radius 3 is 1.70 bits per heavy atom. The van der Waals surface area contributed by atoms with Gasteiger partial charge in [-0.05, 0) is 12.8 Å². The molecule has 1 atom stereocenters. The first-order valence-corrected chi connectivity index (χ1v) is 9.96. The van der Waals surface area contributed by atoms with Crippen molar-refractivity contribution in [3.05, 3.63) is 0 Å². The molecule has 120 valence electrons. The van der Waals surface area contributed by atoms with Crippen molar-refractivity contribution in [2.75, 3.05) is 27.9 Å². The highest BCUT2D eigenvalue weighted by Gasteiger charge is 2.36. The normalized spacial score (nSPS) is 18.4. The molecule has 0 N–H and O–H groups in total. The Morgan fingerprint density at radius 2 is 1.25 bits per heavy atom. The highest BCUT2D eigenvalue weighted by Crippen LogP contribution is 2.20. The van der Waals surface area contributed by atoms with E-state index in [-0.39, 0.29) is 0 Å². The molecule has 1 rings (SSSR count). The molecule has 0 aliphatic carbocycles. The molecular weight excluding hydrogens is 272 g/mol. The zero-order valence-electron chi connectivity index (χ0n) is 13.5. The molecule has 1 aliphatic heterocycles. The summed E-state index contributed by atoms with van der Waals surface area (Å²) in [6.07, 6.45) is 12.4. The molecular formula is C15H32O4Si. The third-order valence-corrected chi connectivity index (χ3v) is 6.93. The molecule has 0 amide bonds. The fraction of sp³-hybridized carbons (Fsp3) is 1.00. The van der Waals surface area contributed by atoms with Crippen LogP contribution in [0.2, 0.25) is 6.04 Å². The molecule has 1 unspecified atom stereocenters. The van der Waals surface area contributed by atoms with E-state index in [9.17, 15) is 0 Å². The number of rotatable bonds is 14. The fourth-order valence-electron chi connectivity index (χ4n) is 2.57. The lowest BCUT2D eigenvalue weighted by molar-refractivity contribution is 0.122. The lowest BCUT2D eigenvalue weighted by atomic mass is 10.1. The summed E-state index contributed by atoms with van der Waals surface area (Å²) in [5.74, 6) is 0. The summed E-state index contributed by atoms with van der Waals surface area (Å²) >= 11 is 0. The molecule has 1 aliphatic rings. The Labute approximate surface area is 125 Å². The van der Waals surface area contributed by atoms with E-state index < -0.39 is 8.80 Å². The van der Waals surface area contributed by atoms with Crippen LogP contribution in [-0.4, -0.2) is 42.8 Å². The third-order valence-electron chi connectivity index (χ3n) is 4.09. The van der Waals surface area contributed by atoms with Crippen LogP contribution in [0.4, 0.5) is 0 Å². The lowest BCUT2D eigenvalue weighted by Gasteiger charge is -2.24. The Morgan fingerprint density at radius 1 is 0.800 bits per heavy atom. The van der Waals surface area contributed by atoms with Gasteiger partial charge >= 0.3 is 8.80 Å². The molecule has 1 saturated heterocycles. The van der Waals surface area contributed by atoms with Gasteiger partial charge in [0.05, 0.1) is 12.7 Å². The molecule has 0 saturated carbocycles. The van der Waals surface area contributed by atoms with Gasteiger partial charge in [0, 0.05) is 27.4 Å². The van der Waals surface area contributed by atoms with Crippen molar-refractivity contribution >= 4 is 8.80 Å². The molecule has 0 bridgehead atoms. The SMILES string of the molecule is CO[Si](CCCCCCCCCCC1CO1)(OC)OC. The van der Waals surface area contributed by atoms with E-state index in [4.69, 9.17) is 18.0 Å². The average Bonchev–Trinajstić information content (AvgIpc) is 3.30. The van der Waals surface area contributed by atoms with Crippen LogP contribution in [0.3, 0.4) is 0 Å². The van der Waals surface area contributed by atoms with Gasteiger partial charge in [0.25, 0.3) is 0 Å². The van der Waals surface area contributed by atoms with Crippen molar-refractivity contribution in [2.24, 2.45) is 0 Å². The van der Waals surface area contributed by atoms with E-state index in [1.165, 1.54) is 51.4 Å². The largest absolute Gasteiger partial charge is 0.500 e. The number of hydrogen-bond donors (Lipinski definition) is 0. The van der Waals surface area contributed by atoms with Crippen molar-refractivity contribution in [3.63, 3.8) is 0 Å². The second-order valence-electron chi connectivity index (χ2n) is 5.62. The number of unbranched alkanes of at least 4 members (excludes halogenated alkanes) is 7. The van der Waals surface area contributed by atoms with E-state index >= 15 is 0 Å². The van der Waals surface area contributed by atoms with Gasteiger partial charge in [-0.25, -0.2) is 0 Å². The van der Waals surface area contributed by atoms with E-state index in [0.717, 1.165) is 19.1 Å². The van der Waals surface area contributed by atoms with Crippen molar-refractivity contribution < 1.29 is 18.0 Å². The minimum absolute atomic E-state index is 0.613. The summed E-state index contributed by atoms with van der Waals surface area (Å²) in [4.78, 5) is 0. The average molecular weight is 305 g/mol. The molecule has 0 aromatic heterocycles. The standard InChI is InChI=1S/C15H32O4Si/c1-16-20(17-2,18-3)13-11-9-7-5-4-6-8-10-12-15-14-19-15/h15H,4-14H2,1-3H3. The maximum absolute atomic E-state index is 5.42. The second kappa shape index (κ2) is 10.7. The van der Waals surface area contributed by atoms with Crippen LogP contribution >= 0.6 is 0 Å². The topological polar surface area (TPSA) is 40.2 Å². The lowest BCUT2D eigenvalue weighted by Crippen LogP contribution is -2.42. The van der Waals surface area contributed by atoms with E-state index in [0.29, 0.717) is 6.10 Å². The summed E-state index contributed by atoms with van der Waals surface area (Å²) in [6, 6.07) is 0.928. The van der Waals surface area contributed by atoms with Crippen molar-refractivity contribution in [3.8, 4) is 0 Å². The van der Waals surface area contributed by atoms with E-state index in [2.05, 4.69) is 0 Å². The fourth-order valence-corrected chi connectivity index (χ4v) is 4.36. The number of hydrogen-bond acceptors (Lipinski definition) is 4. The Hall–Kier alpha value is 0.0569. The van der Waals surface area contributed by atoms with Gasteiger partial charge in [-0.3, -0.25) is 0 Å². The Kier molecular flexibility index (Phi) is 9.72. The van der Waals surface area contributed by atoms with Crippen LogP contribution in [0.25, 0.3) is 0 Å². The summed E-state index contributed by atoms with van der Waals surface area (Å²) in [5, 5.41) is 0. The van der Waals surface area contributed by atoms with Crippen LogP contribution in [0, 0.1) is 0 Å². The molecule has 0 aromatic carbocycles. The van der Waals surface area contributed by atoms with E-state index in [1.54, 1.807) is 21.3 Å². The first-order valence-electron chi connectivity index (χ1n) is 8.03. The monoisotopic (exact) mass is 304 g/mol. The maximum atomic E-state index is 5.42. The van der Waals surface area contributed by atoms with Gasteiger partial charge in [0.2, 0.25) is 0 Å². The van der Waals surface area contributed by atoms with Crippen molar-refractivity contribution in [1.82, 2.24) is 0 Å². The van der Waals surface area contributed by atoms with Gasteiger partial charge in [0.15, 0.2) is 0 Å². The Bertz CT molecular complexity index is 222. The van der Waals surface area contributed by atoms with Gasteiger partial charge in [-0.2, -0.15) is 0 Å². The summed E-state index contributed by atoms with van der Waals surface area (Å²) in [7, 11) is 2.74. The smallest absolute Gasteiger partial charge is 0.377 e. The maximum Gasteiger partial charge on any atom is 0.500 e. The van der Waals surface area contributed by atoms with Crippen LogP contribution in [-0.2, 0) is 18.0 Å². The molecule has 0 spiro atoms. The minimum Gasteiger partial charge on any atom is -0.377 e. The van der Waals surface area contributed by atoms with Crippen LogP contribution < -0.4 is 0 Å². The highest BCUT2D eigenvalue weighted by atomic mass is 28.4. The molecule has 4 nitrogen and oxygen atoms in total. The van der Waals surface area contributed by atoms with Crippen LogP contribution in [0.1, 0.15) is 57.8 Å². The summed E-state index contributed by atoms with van der Waals surface area (Å²) in [6.45, 7) is 1.01. The summed E-state index contributed by atoms with van der Waals surface area (Å²) < 4.78 is 21.5. The number of epoxide rings is 1. The zero-order valence-corrected chi connectivity index (χ0v) is 14.5. The van der Waals surface area contributed by atoms with Gasteiger partial charge in [-0.1, -0.05) is 44.9 Å². The quantitative estimate of drug-likeness (QED) is 0.278. The van der Waals surface area contributed by atoms with Crippen LogP contribution in [0.5, 0.6) is 0 Å². The van der Waals surface area contributed by atoms with Gasteiger partial charge < -0.3 is 18.0 Å². The predicted octanol–water partition coefficient (Wildman–Crippen LogP) is 3.77. The van der Waals surface area contributed by atoms with Crippen molar-refractivity contribution in [1.29, 1.82) is 0 Å². The third kappa shape index (κ3) is 7.74. The molecule has 0 radical (unpaired) electrons. The zero-order chi connectivity index (χ0) is 14.7. The Balaban J connectivity index is 1.83. The second-order valence-corrected chi connectivity index (χ2v) is 8.71. The summed E-state index contributed by atoms with van der Waals surface area (Å²) in [5.41, 5.74) is 0. The number of ether oxygens (including phenoxy) is 1. The molecule has 5 heteroatoms. The first-order chi connectivity index (χ1) is 9.76. The highest BCUT2D eigenvalue weighted by molar-refractivity contribution is 6.60. The molecule has 1 fully saturated rings. The predicted molar refractivity (Wildman–Crippen MR) is 82.9 cm³/mol.